The lowest BCUT2D eigenvalue weighted by molar-refractivity contribution is 0.414. The van der Waals surface area contributed by atoms with Gasteiger partial charge in [-0.3, -0.25) is 4.79 Å². The van der Waals surface area contributed by atoms with E-state index in [2.05, 4.69) is 22.6 Å². The van der Waals surface area contributed by atoms with Crippen LogP contribution in [0.2, 0.25) is 0 Å². The SMILES string of the molecule is CCn1c(-c2ccc(OC)cc2C)ccc(I)c1=O. The van der Waals surface area contributed by atoms with E-state index < -0.39 is 0 Å². The van der Waals surface area contributed by atoms with Crippen molar-refractivity contribution < 1.29 is 4.74 Å². The summed E-state index contributed by atoms with van der Waals surface area (Å²) in [5.41, 5.74) is 3.18. The van der Waals surface area contributed by atoms with E-state index in [0.29, 0.717) is 6.54 Å². The van der Waals surface area contributed by atoms with Gasteiger partial charge < -0.3 is 9.30 Å². The van der Waals surface area contributed by atoms with Gasteiger partial charge >= 0.3 is 0 Å². The van der Waals surface area contributed by atoms with Crippen molar-refractivity contribution in [3.05, 3.63) is 49.8 Å². The number of pyridine rings is 1. The maximum absolute atomic E-state index is 12.2. The highest BCUT2D eigenvalue weighted by Gasteiger charge is 2.10. The van der Waals surface area contributed by atoms with Crippen LogP contribution in [0.15, 0.2) is 35.1 Å². The molecule has 2 aromatic rings. The van der Waals surface area contributed by atoms with E-state index in [1.807, 2.05) is 44.2 Å². The summed E-state index contributed by atoms with van der Waals surface area (Å²) in [5, 5.41) is 0. The van der Waals surface area contributed by atoms with Crippen LogP contribution in [-0.4, -0.2) is 11.7 Å². The van der Waals surface area contributed by atoms with Gasteiger partial charge in [-0.05, 0) is 72.3 Å². The molecule has 0 saturated heterocycles. The molecule has 0 fully saturated rings. The number of hydrogen-bond acceptors (Lipinski definition) is 2. The lowest BCUT2D eigenvalue weighted by Gasteiger charge is -2.14. The number of ether oxygens (including phenoxy) is 1. The number of hydrogen-bond donors (Lipinski definition) is 0. The average molecular weight is 369 g/mol. The van der Waals surface area contributed by atoms with Crippen molar-refractivity contribution in [2.24, 2.45) is 0 Å². The van der Waals surface area contributed by atoms with E-state index in [1.165, 1.54) is 0 Å². The summed E-state index contributed by atoms with van der Waals surface area (Å²) in [6, 6.07) is 9.78. The molecule has 0 aliphatic carbocycles. The molecule has 2 rings (SSSR count). The molecule has 0 aliphatic heterocycles. The van der Waals surface area contributed by atoms with Gasteiger partial charge in [-0.2, -0.15) is 0 Å². The zero-order valence-corrected chi connectivity index (χ0v) is 13.4. The summed E-state index contributed by atoms with van der Waals surface area (Å²) in [7, 11) is 1.65. The third-order valence-electron chi connectivity index (χ3n) is 3.15. The molecule has 0 spiro atoms. The Bertz CT molecular complexity index is 662. The second kappa shape index (κ2) is 5.77. The number of aryl methyl sites for hydroxylation is 1. The maximum Gasteiger partial charge on any atom is 0.264 e. The molecule has 1 aromatic carbocycles. The standard InChI is InChI=1S/C15H16INO2/c1-4-17-14(8-7-13(16)15(17)18)12-6-5-11(19-3)9-10(12)2/h5-9H,4H2,1-3H3. The first-order valence-electron chi connectivity index (χ1n) is 6.12. The Morgan fingerprint density at radius 3 is 2.58 bits per heavy atom. The fourth-order valence-electron chi connectivity index (χ4n) is 2.15. The summed E-state index contributed by atoms with van der Waals surface area (Å²) in [6.07, 6.45) is 0. The van der Waals surface area contributed by atoms with Crippen LogP contribution in [0.1, 0.15) is 12.5 Å². The zero-order valence-electron chi connectivity index (χ0n) is 11.2. The quantitative estimate of drug-likeness (QED) is 0.776. The molecule has 1 heterocycles. The first-order valence-corrected chi connectivity index (χ1v) is 7.20. The van der Waals surface area contributed by atoms with Crippen LogP contribution < -0.4 is 10.3 Å². The Balaban J connectivity index is 2.66. The summed E-state index contributed by atoms with van der Waals surface area (Å²) in [6.45, 7) is 4.68. The number of nitrogens with zero attached hydrogens (tertiary/aromatic N) is 1. The molecule has 0 bridgehead atoms. The van der Waals surface area contributed by atoms with E-state index in [1.54, 1.807) is 11.7 Å². The minimum Gasteiger partial charge on any atom is -0.497 e. The van der Waals surface area contributed by atoms with Crippen molar-refractivity contribution in [1.82, 2.24) is 4.57 Å². The van der Waals surface area contributed by atoms with Gasteiger partial charge in [0.25, 0.3) is 5.56 Å². The Morgan fingerprint density at radius 2 is 2.00 bits per heavy atom. The minimum absolute atomic E-state index is 0.0656. The maximum atomic E-state index is 12.2. The third-order valence-corrected chi connectivity index (χ3v) is 3.97. The van der Waals surface area contributed by atoms with Crippen molar-refractivity contribution in [2.45, 2.75) is 20.4 Å². The van der Waals surface area contributed by atoms with Crippen molar-refractivity contribution in [3.63, 3.8) is 0 Å². The lowest BCUT2D eigenvalue weighted by atomic mass is 10.0. The zero-order chi connectivity index (χ0) is 14.0. The molecule has 0 radical (unpaired) electrons. The smallest absolute Gasteiger partial charge is 0.264 e. The highest BCUT2D eigenvalue weighted by molar-refractivity contribution is 14.1. The summed E-state index contributed by atoms with van der Waals surface area (Å²) in [5.74, 6) is 0.831. The van der Waals surface area contributed by atoms with Gasteiger partial charge in [0.15, 0.2) is 0 Å². The highest BCUT2D eigenvalue weighted by atomic mass is 127. The van der Waals surface area contributed by atoms with Crippen LogP contribution in [0, 0.1) is 10.5 Å². The topological polar surface area (TPSA) is 31.2 Å². The molecule has 4 heteroatoms. The molecule has 0 aliphatic rings. The van der Waals surface area contributed by atoms with Crippen molar-refractivity contribution in [2.75, 3.05) is 7.11 Å². The van der Waals surface area contributed by atoms with Gasteiger partial charge in [-0.1, -0.05) is 0 Å². The van der Waals surface area contributed by atoms with E-state index in [4.69, 9.17) is 4.74 Å². The van der Waals surface area contributed by atoms with E-state index in [9.17, 15) is 4.79 Å². The van der Waals surface area contributed by atoms with Crippen LogP contribution in [-0.2, 0) is 6.54 Å². The van der Waals surface area contributed by atoms with Gasteiger partial charge in [-0.15, -0.1) is 0 Å². The fourth-order valence-corrected chi connectivity index (χ4v) is 2.62. The summed E-state index contributed by atoms with van der Waals surface area (Å²) in [4.78, 5) is 12.2. The predicted molar refractivity (Wildman–Crippen MR) is 85.8 cm³/mol. The average Bonchev–Trinajstić information content (AvgIpc) is 2.42. The molecule has 3 nitrogen and oxygen atoms in total. The van der Waals surface area contributed by atoms with Gasteiger partial charge in [0.2, 0.25) is 0 Å². The van der Waals surface area contributed by atoms with Gasteiger partial charge in [0, 0.05) is 12.1 Å². The van der Waals surface area contributed by atoms with Crippen molar-refractivity contribution in [3.8, 4) is 17.0 Å². The van der Waals surface area contributed by atoms with Crippen LogP contribution in [0.4, 0.5) is 0 Å². The summed E-state index contributed by atoms with van der Waals surface area (Å²) < 4.78 is 7.76. The fraction of sp³-hybridized carbons (Fsp3) is 0.267. The molecule has 0 N–H and O–H groups in total. The molecule has 1 aromatic heterocycles. The van der Waals surface area contributed by atoms with Crippen LogP contribution in [0.3, 0.4) is 0 Å². The van der Waals surface area contributed by atoms with Crippen LogP contribution in [0.25, 0.3) is 11.3 Å². The number of methoxy groups -OCH3 is 1. The Kier molecular flexibility index (Phi) is 4.29. The Labute approximate surface area is 126 Å². The largest absolute Gasteiger partial charge is 0.497 e. The Morgan fingerprint density at radius 1 is 1.26 bits per heavy atom. The lowest BCUT2D eigenvalue weighted by Crippen LogP contribution is -2.23. The normalized spacial score (nSPS) is 10.5. The Hall–Kier alpha value is -1.30. The third kappa shape index (κ3) is 2.68. The van der Waals surface area contributed by atoms with E-state index in [0.717, 1.165) is 26.1 Å². The first kappa shape index (κ1) is 14.1. The molecule has 0 atom stereocenters. The number of aromatic nitrogens is 1. The molecule has 0 amide bonds. The van der Waals surface area contributed by atoms with E-state index in [-0.39, 0.29) is 5.56 Å². The monoisotopic (exact) mass is 369 g/mol. The first-order chi connectivity index (χ1) is 9.08. The number of benzene rings is 1. The van der Waals surface area contributed by atoms with Crippen LogP contribution >= 0.6 is 22.6 Å². The molecule has 19 heavy (non-hydrogen) atoms. The highest BCUT2D eigenvalue weighted by Crippen LogP contribution is 2.26. The number of halogens is 1. The minimum atomic E-state index is 0.0656. The van der Waals surface area contributed by atoms with E-state index >= 15 is 0 Å². The van der Waals surface area contributed by atoms with Gasteiger partial charge in [-0.25, -0.2) is 0 Å². The van der Waals surface area contributed by atoms with Crippen molar-refractivity contribution >= 4 is 22.6 Å². The number of rotatable bonds is 3. The molecule has 100 valence electrons. The molecular weight excluding hydrogens is 353 g/mol. The summed E-state index contributed by atoms with van der Waals surface area (Å²) >= 11 is 2.08. The second-order valence-corrected chi connectivity index (χ2v) is 5.46. The second-order valence-electron chi connectivity index (χ2n) is 4.30. The van der Waals surface area contributed by atoms with Crippen molar-refractivity contribution in [1.29, 1.82) is 0 Å². The molecule has 0 unspecified atom stereocenters. The molecule has 0 saturated carbocycles. The van der Waals surface area contributed by atoms with Gasteiger partial charge in [0.1, 0.15) is 5.75 Å². The predicted octanol–water partition coefficient (Wildman–Crippen LogP) is 3.46. The van der Waals surface area contributed by atoms with Crippen LogP contribution in [0.5, 0.6) is 5.75 Å². The molecular formula is C15H16INO2. The van der Waals surface area contributed by atoms with Gasteiger partial charge in [0.05, 0.1) is 16.4 Å².